The number of nitrogens with one attached hydrogen (secondary N) is 1. The van der Waals surface area contributed by atoms with Crippen molar-refractivity contribution >= 4 is 5.91 Å². The van der Waals surface area contributed by atoms with E-state index in [1.807, 2.05) is 45.9 Å². The first-order valence-electron chi connectivity index (χ1n) is 8.20. The molecular weight excluding hydrogens is 305 g/mol. The maximum Gasteiger partial charge on any atom is 0.261 e. The number of aryl methyl sites for hydroxylation is 2. The molecule has 2 rings (SSSR count). The average molecular weight is 329 g/mol. The van der Waals surface area contributed by atoms with Crippen molar-refractivity contribution in [2.24, 2.45) is 0 Å². The molecule has 128 valence electrons. The van der Waals surface area contributed by atoms with Crippen LogP contribution in [0.4, 0.5) is 4.39 Å². The minimum Gasteiger partial charge on any atom is -0.480 e. The first-order valence-corrected chi connectivity index (χ1v) is 8.20. The minimum absolute atomic E-state index is 0.171. The Morgan fingerprint density at radius 3 is 2.46 bits per heavy atom. The first kappa shape index (κ1) is 18.0. The molecule has 24 heavy (non-hydrogen) atoms. The van der Waals surface area contributed by atoms with Crippen LogP contribution in [0.3, 0.4) is 0 Å². The lowest BCUT2D eigenvalue weighted by molar-refractivity contribution is -0.128. The topological polar surface area (TPSA) is 38.3 Å². The van der Waals surface area contributed by atoms with Crippen LogP contribution in [0.2, 0.25) is 0 Å². The lowest BCUT2D eigenvalue weighted by Crippen LogP contribution is -2.39. The van der Waals surface area contributed by atoms with Gasteiger partial charge in [-0.2, -0.15) is 0 Å². The molecule has 0 saturated heterocycles. The quantitative estimate of drug-likeness (QED) is 0.849. The molecule has 0 spiro atoms. The Labute approximate surface area is 142 Å². The SMILES string of the molecule is CC[C@H](Oc1cc(C)ccc1C)C(=O)N[C@H](C)c1ccc(F)cc1. The summed E-state index contributed by atoms with van der Waals surface area (Å²) in [6.07, 6.45) is 0.00317. The molecule has 0 bridgehead atoms. The molecule has 4 heteroatoms. The van der Waals surface area contributed by atoms with E-state index < -0.39 is 6.10 Å². The van der Waals surface area contributed by atoms with Gasteiger partial charge >= 0.3 is 0 Å². The molecule has 3 nitrogen and oxygen atoms in total. The van der Waals surface area contributed by atoms with Crippen LogP contribution < -0.4 is 10.1 Å². The zero-order chi connectivity index (χ0) is 17.7. The minimum atomic E-state index is -0.562. The van der Waals surface area contributed by atoms with E-state index in [-0.39, 0.29) is 17.8 Å². The van der Waals surface area contributed by atoms with Gasteiger partial charge in [-0.3, -0.25) is 4.79 Å². The highest BCUT2D eigenvalue weighted by atomic mass is 19.1. The van der Waals surface area contributed by atoms with Crippen LogP contribution >= 0.6 is 0 Å². The van der Waals surface area contributed by atoms with Crippen molar-refractivity contribution in [2.75, 3.05) is 0 Å². The van der Waals surface area contributed by atoms with Crippen LogP contribution in [-0.4, -0.2) is 12.0 Å². The van der Waals surface area contributed by atoms with E-state index >= 15 is 0 Å². The van der Waals surface area contributed by atoms with Gasteiger partial charge in [0, 0.05) is 0 Å². The molecule has 0 aromatic heterocycles. The van der Waals surface area contributed by atoms with Gasteiger partial charge in [0.2, 0.25) is 0 Å². The summed E-state index contributed by atoms with van der Waals surface area (Å²) < 4.78 is 18.9. The zero-order valence-electron chi connectivity index (χ0n) is 14.6. The molecule has 0 heterocycles. The summed E-state index contributed by atoms with van der Waals surface area (Å²) in [6, 6.07) is 11.9. The van der Waals surface area contributed by atoms with Gasteiger partial charge in [-0.25, -0.2) is 4.39 Å². The third-order valence-corrected chi connectivity index (χ3v) is 4.00. The molecule has 2 aromatic carbocycles. The summed E-state index contributed by atoms with van der Waals surface area (Å²) in [5.41, 5.74) is 2.94. The summed E-state index contributed by atoms with van der Waals surface area (Å²) in [5, 5.41) is 2.93. The monoisotopic (exact) mass is 329 g/mol. The lowest BCUT2D eigenvalue weighted by Gasteiger charge is -2.22. The second kappa shape index (κ2) is 7.95. The number of benzene rings is 2. The van der Waals surface area contributed by atoms with Gasteiger partial charge in [0.15, 0.2) is 6.10 Å². The Morgan fingerprint density at radius 1 is 1.17 bits per heavy atom. The number of ether oxygens (including phenoxy) is 1. The van der Waals surface area contributed by atoms with Crippen molar-refractivity contribution in [1.82, 2.24) is 5.32 Å². The average Bonchev–Trinajstić information content (AvgIpc) is 2.56. The van der Waals surface area contributed by atoms with Crippen molar-refractivity contribution < 1.29 is 13.9 Å². The molecule has 0 aliphatic rings. The molecule has 0 aliphatic heterocycles. The Kier molecular flexibility index (Phi) is 5.96. The zero-order valence-corrected chi connectivity index (χ0v) is 14.6. The van der Waals surface area contributed by atoms with E-state index in [9.17, 15) is 9.18 Å². The van der Waals surface area contributed by atoms with Gasteiger partial charge in [-0.1, -0.05) is 31.2 Å². The first-order chi connectivity index (χ1) is 11.4. The Hall–Kier alpha value is -2.36. The molecule has 0 unspecified atom stereocenters. The summed E-state index contributed by atoms with van der Waals surface area (Å²) in [6.45, 7) is 7.73. The second-order valence-electron chi connectivity index (χ2n) is 6.07. The number of hydrogen-bond acceptors (Lipinski definition) is 2. The number of halogens is 1. The third kappa shape index (κ3) is 4.57. The maximum atomic E-state index is 13.0. The van der Waals surface area contributed by atoms with Crippen molar-refractivity contribution in [3.05, 3.63) is 65.0 Å². The second-order valence-corrected chi connectivity index (χ2v) is 6.07. The summed E-state index contributed by atoms with van der Waals surface area (Å²) >= 11 is 0. The molecule has 0 aliphatic carbocycles. The van der Waals surface area contributed by atoms with Crippen molar-refractivity contribution in [1.29, 1.82) is 0 Å². The normalized spacial score (nSPS) is 13.2. The highest BCUT2D eigenvalue weighted by Crippen LogP contribution is 2.22. The molecule has 2 atom stereocenters. The molecule has 1 amide bonds. The van der Waals surface area contributed by atoms with Crippen molar-refractivity contribution in [3.63, 3.8) is 0 Å². The van der Waals surface area contributed by atoms with Gasteiger partial charge in [-0.15, -0.1) is 0 Å². The van der Waals surface area contributed by atoms with Gasteiger partial charge in [0.25, 0.3) is 5.91 Å². The molecule has 0 radical (unpaired) electrons. The third-order valence-electron chi connectivity index (χ3n) is 4.00. The molecule has 0 saturated carbocycles. The van der Waals surface area contributed by atoms with Gasteiger partial charge in [0.05, 0.1) is 6.04 Å². The van der Waals surface area contributed by atoms with Crippen LogP contribution in [-0.2, 0) is 4.79 Å². The fourth-order valence-corrected chi connectivity index (χ4v) is 2.45. The van der Waals surface area contributed by atoms with Crippen LogP contribution in [0.5, 0.6) is 5.75 Å². The van der Waals surface area contributed by atoms with E-state index in [4.69, 9.17) is 4.74 Å². The van der Waals surface area contributed by atoms with Crippen LogP contribution in [0.1, 0.15) is 43.0 Å². The van der Waals surface area contributed by atoms with Gasteiger partial charge in [-0.05, 0) is 62.1 Å². The molecular formula is C20H24FNO2. The van der Waals surface area contributed by atoms with Crippen LogP contribution in [0.15, 0.2) is 42.5 Å². The smallest absolute Gasteiger partial charge is 0.261 e. The Balaban J connectivity index is 2.05. The fourth-order valence-electron chi connectivity index (χ4n) is 2.45. The van der Waals surface area contributed by atoms with E-state index in [1.165, 1.54) is 12.1 Å². The lowest BCUT2D eigenvalue weighted by atomic mass is 10.1. The van der Waals surface area contributed by atoms with Gasteiger partial charge < -0.3 is 10.1 Å². The number of carbonyl (C=O) groups is 1. The standard InChI is InChI=1S/C20H24FNO2/c1-5-18(24-19-12-13(2)6-7-14(19)3)20(23)22-15(4)16-8-10-17(21)11-9-16/h6-12,15,18H,5H2,1-4H3,(H,22,23)/t15-,18+/m1/s1. The molecule has 0 fully saturated rings. The summed E-state index contributed by atoms with van der Waals surface area (Å²) in [7, 11) is 0. The number of rotatable bonds is 6. The summed E-state index contributed by atoms with van der Waals surface area (Å²) in [4.78, 5) is 12.5. The highest BCUT2D eigenvalue weighted by Gasteiger charge is 2.21. The van der Waals surface area contributed by atoms with E-state index in [0.29, 0.717) is 6.42 Å². The number of hydrogen-bond donors (Lipinski definition) is 1. The van der Waals surface area contributed by atoms with Crippen molar-refractivity contribution in [3.8, 4) is 5.75 Å². The van der Waals surface area contributed by atoms with Crippen LogP contribution in [0, 0.1) is 19.7 Å². The Bertz CT molecular complexity index is 697. The van der Waals surface area contributed by atoms with Crippen molar-refractivity contribution in [2.45, 2.75) is 46.3 Å². The summed E-state index contributed by atoms with van der Waals surface area (Å²) in [5.74, 6) is 0.267. The number of carbonyl (C=O) groups excluding carboxylic acids is 1. The highest BCUT2D eigenvalue weighted by molar-refractivity contribution is 5.81. The molecule has 2 aromatic rings. The van der Waals surface area contributed by atoms with E-state index in [0.717, 1.165) is 22.4 Å². The maximum absolute atomic E-state index is 13.0. The number of amides is 1. The molecule has 1 N–H and O–H groups in total. The fraction of sp³-hybridized carbons (Fsp3) is 0.350. The van der Waals surface area contributed by atoms with Crippen LogP contribution in [0.25, 0.3) is 0 Å². The largest absolute Gasteiger partial charge is 0.480 e. The van der Waals surface area contributed by atoms with Gasteiger partial charge in [0.1, 0.15) is 11.6 Å². The predicted molar refractivity (Wildman–Crippen MR) is 93.6 cm³/mol. The Morgan fingerprint density at radius 2 is 1.83 bits per heavy atom. The predicted octanol–water partition coefficient (Wildman–Crippen LogP) is 4.48. The van der Waals surface area contributed by atoms with E-state index in [1.54, 1.807) is 12.1 Å². The van der Waals surface area contributed by atoms with E-state index in [2.05, 4.69) is 5.32 Å².